The van der Waals surface area contributed by atoms with Gasteiger partial charge in [-0.15, -0.1) is 0 Å². The molecule has 10 nitrogen and oxygen atoms in total. The zero-order chi connectivity index (χ0) is 27.1. The van der Waals surface area contributed by atoms with Crippen molar-refractivity contribution in [3.8, 4) is 17.0 Å². The van der Waals surface area contributed by atoms with Crippen molar-refractivity contribution in [2.75, 3.05) is 13.6 Å². The molecular formula is C25H25F2N3O7. The molecule has 0 spiro atoms. The fraction of sp³-hybridized carbons (Fsp3) is 0.280. The van der Waals surface area contributed by atoms with Gasteiger partial charge in [-0.05, 0) is 48.5 Å². The van der Waals surface area contributed by atoms with Gasteiger partial charge in [0, 0.05) is 37.3 Å². The molecule has 37 heavy (non-hydrogen) atoms. The molecule has 0 fully saturated rings. The normalized spacial score (nSPS) is 16.8. The van der Waals surface area contributed by atoms with Gasteiger partial charge in [-0.1, -0.05) is 12.1 Å². The van der Waals surface area contributed by atoms with Crippen LogP contribution >= 0.6 is 0 Å². The Hall–Kier alpha value is -4.00. The van der Waals surface area contributed by atoms with Gasteiger partial charge in [0.2, 0.25) is 0 Å². The second-order valence-electron chi connectivity index (χ2n) is 8.30. The van der Waals surface area contributed by atoms with Crippen molar-refractivity contribution in [3.05, 3.63) is 77.5 Å². The minimum atomic E-state index is -2.27. The van der Waals surface area contributed by atoms with Crippen molar-refractivity contribution in [2.45, 2.75) is 31.3 Å². The van der Waals surface area contributed by atoms with E-state index in [1.807, 2.05) is 24.3 Å². The van der Waals surface area contributed by atoms with Gasteiger partial charge in [0.25, 0.3) is 0 Å². The number of hydrogen-bond acceptors (Lipinski definition) is 8. The Balaban J connectivity index is 0.000000325. The summed E-state index contributed by atoms with van der Waals surface area (Å²) in [6.45, 7) is 1.62. The quantitative estimate of drug-likeness (QED) is 0.383. The molecule has 3 unspecified atom stereocenters. The summed E-state index contributed by atoms with van der Waals surface area (Å²) < 4.78 is 32.8. The second kappa shape index (κ2) is 12.3. The summed E-state index contributed by atoms with van der Waals surface area (Å²) in [6.07, 6.45) is -2.36. The Morgan fingerprint density at radius 3 is 2.32 bits per heavy atom. The van der Waals surface area contributed by atoms with Crippen molar-refractivity contribution in [2.24, 2.45) is 0 Å². The van der Waals surface area contributed by atoms with Gasteiger partial charge in [0.05, 0.1) is 5.69 Å². The average molecular weight is 517 g/mol. The average Bonchev–Trinajstić information content (AvgIpc) is 3.03. The number of carboxylic acids is 2. The highest BCUT2D eigenvalue weighted by molar-refractivity contribution is 5.83. The number of halogens is 2. The van der Waals surface area contributed by atoms with E-state index in [1.165, 1.54) is 6.07 Å². The minimum absolute atomic E-state index is 0.231. The standard InChI is InChI=1S/C21H19F2N3O.C4H6O6/c1-26-10-8-21(27-16-5-7-18(22)19(23)12-16)17-6-4-14(11-15(17)13-26)20-3-2-9-24-25-20;5-1(3(7)8)2(6)4(9)10/h2-7,9,11-12,21H,8,10,13H2,1H3;1-2,5-6H,(H,7,8)(H,9,10). The maximum absolute atomic E-state index is 13.5. The lowest BCUT2D eigenvalue weighted by Crippen LogP contribution is -2.39. The summed E-state index contributed by atoms with van der Waals surface area (Å²) in [4.78, 5) is 21.8. The van der Waals surface area contributed by atoms with Gasteiger partial charge in [-0.3, -0.25) is 0 Å². The van der Waals surface area contributed by atoms with Crippen LogP contribution in [0.5, 0.6) is 5.75 Å². The maximum Gasteiger partial charge on any atom is 0.335 e. The Bertz CT molecular complexity index is 1230. The van der Waals surface area contributed by atoms with E-state index >= 15 is 0 Å². The largest absolute Gasteiger partial charge is 0.486 e. The molecule has 4 rings (SSSR count). The summed E-state index contributed by atoms with van der Waals surface area (Å²) in [5, 5.41) is 40.6. The topological polar surface area (TPSA) is 153 Å². The Kier molecular flexibility index (Phi) is 9.17. The van der Waals surface area contributed by atoms with Crippen LogP contribution in [0.1, 0.15) is 23.7 Å². The number of nitrogens with zero attached hydrogens (tertiary/aromatic N) is 3. The first-order chi connectivity index (χ1) is 17.6. The van der Waals surface area contributed by atoms with Crippen molar-refractivity contribution in [1.29, 1.82) is 0 Å². The summed E-state index contributed by atoms with van der Waals surface area (Å²) in [5.41, 5.74) is 3.98. The number of ether oxygens (including phenoxy) is 1. The van der Waals surface area contributed by atoms with Crippen LogP contribution in [0.3, 0.4) is 0 Å². The molecule has 3 aromatic rings. The third-order valence-electron chi connectivity index (χ3n) is 5.55. The van der Waals surface area contributed by atoms with Crippen LogP contribution in [0, 0.1) is 11.6 Å². The molecule has 0 saturated heterocycles. The van der Waals surface area contributed by atoms with Gasteiger partial charge in [-0.25, -0.2) is 18.4 Å². The highest BCUT2D eigenvalue weighted by Gasteiger charge is 2.29. The van der Waals surface area contributed by atoms with Gasteiger partial charge in [-0.2, -0.15) is 10.2 Å². The molecule has 4 N–H and O–H groups in total. The number of hydrogen-bond donors (Lipinski definition) is 4. The molecule has 3 atom stereocenters. The number of aliphatic hydroxyl groups excluding tert-OH is 2. The van der Waals surface area contributed by atoms with Crippen LogP contribution in [0.4, 0.5) is 8.78 Å². The predicted molar refractivity (Wildman–Crippen MR) is 125 cm³/mol. The smallest absolute Gasteiger partial charge is 0.335 e. The van der Waals surface area contributed by atoms with Gasteiger partial charge < -0.3 is 30.1 Å². The molecule has 0 saturated carbocycles. The van der Waals surface area contributed by atoms with E-state index in [4.69, 9.17) is 25.2 Å². The van der Waals surface area contributed by atoms with Gasteiger partial charge in [0.1, 0.15) is 11.9 Å². The zero-order valence-corrected chi connectivity index (χ0v) is 19.7. The molecule has 0 aliphatic carbocycles. The number of aliphatic carboxylic acids is 2. The van der Waals surface area contributed by atoms with Crippen molar-refractivity contribution in [3.63, 3.8) is 0 Å². The monoisotopic (exact) mass is 517 g/mol. The highest BCUT2D eigenvalue weighted by atomic mass is 19.2. The van der Waals surface area contributed by atoms with Crippen LogP contribution in [0.25, 0.3) is 11.3 Å². The number of carbonyl (C=O) groups is 2. The minimum Gasteiger partial charge on any atom is -0.486 e. The number of fused-ring (bicyclic) bond motifs is 1. The van der Waals surface area contributed by atoms with Crippen molar-refractivity contribution in [1.82, 2.24) is 15.1 Å². The first-order valence-corrected chi connectivity index (χ1v) is 11.1. The molecule has 1 aromatic heterocycles. The van der Waals surface area contributed by atoms with Crippen LogP contribution in [-0.2, 0) is 16.1 Å². The highest BCUT2D eigenvalue weighted by Crippen LogP contribution is 2.33. The first kappa shape index (κ1) is 27.6. The van der Waals surface area contributed by atoms with Crippen LogP contribution in [0.2, 0.25) is 0 Å². The number of carboxylic acid groups (broad SMARTS) is 2. The third-order valence-corrected chi connectivity index (χ3v) is 5.55. The van der Waals surface area contributed by atoms with E-state index in [2.05, 4.69) is 28.2 Å². The predicted octanol–water partition coefficient (Wildman–Crippen LogP) is 2.25. The molecule has 0 bridgehead atoms. The number of aliphatic hydroxyl groups is 2. The lowest BCUT2D eigenvalue weighted by molar-refractivity contribution is -0.165. The SMILES string of the molecule is CN1CCC(Oc2ccc(F)c(F)c2)c2ccc(-c3cccnn3)cc2C1.O=C(O)C(O)C(O)C(=O)O. The summed E-state index contributed by atoms with van der Waals surface area (Å²) >= 11 is 0. The Morgan fingerprint density at radius 1 is 1.03 bits per heavy atom. The van der Waals surface area contributed by atoms with Gasteiger partial charge in [0.15, 0.2) is 23.8 Å². The molecule has 0 radical (unpaired) electrons. The van der Waals surface area contributed by atoms with E-state index in [1.54, 1.807) is 6.20 Å². The Morgan fingerprint density at radius 2 is 1.73 bits per heavy atom. The van der Waals surface area contributed by atoms with Crippen LogP contribution in [0.15, 0.2) is 54.7 Å². The Labute approximate surface area is 210 Å². The second-order valence-corrected chi connectivity index (χ2v) is 8.30. The van der Waals surface area contributed by atoms with E-state index in [0.29, 0.717) is 5.75 Å². The van der Waals surface area contributed by atoms with E-state index in [0.717, 1.165) is 54.0 Å². The van der Waals surface area contributed by atoms with Crippen molar-refractivity contribution >= 4 is 11.9 Å². The van der Waals surface area contributed by atoms with Gasteiger partial charge >= 0.3 is 11.9 Å². The van der Waals surface area contributed by atoms with Crippen LogP contribution in [-0.4, -0.2) is 73.3 Å². The molecule has 2 heterocycles. The summed E-state index contributed by atoms with van der Waals surface area (Å²) in [5.74, 6) is -4.99. The summed E-state index contributed by atoms with van der Waals surface area (Å²) in [7, 11) is 2.05. The fourth-order valence-electron chi connectivity index (χ4n) is 3.64. The van der Waals surface area contributed by atoms with Crippen molar-refractivity contribution < 1.29 is 43.5 Å². The lowest BCUT2D eigenvalue weighted by Gasteiger charge is -2.20. The number of aromatic nitrogens is 2. The lowest BCUT2D eigenvalue weighted by atomic mass is 9.97. The fourth-order valence-corrected chi connectivity index (χ4v) is 3.64. The van der Waals surface area contributed by atoms with E-state index < -0.39 is 35.8 Å². The molecule has 1 aliphatic heterocycles. The zero-order valence-electron chi connectivity index (χ0n) is 19.7. The first-order valence-electron chi connectivity index (χ1n) is 11.1. The molecule has 1 aliphatic rings. The van der Waals surface area contributed by atoms with E-state index in [-0.39, 0.29) is 6.10 Å². The van der Waals surface area contributed by atoms with Crippen LogP contribution < -0.4 is 4.74 Å². The maximum atomic E-state index is 13.5. The number of rotatable bonds is 6. The molecule has 2 aromatic carbocycles. The van der Waals surface area contributed by atoms with E-state index in [9.17, 15) is 18.4 Å². The number of benzene rings is 2. The summed E-state index contributed by atoms with van der Waals surface area (Å²) in [6, 6.07) is 13.5. The molecular weight excluding hydrogens is 492 g/mol. The molecule has 196 valence electrons. The molecule has 12 heteroatoms. The molecule has 0 amide bonds. The third kappa shape index (κ3) is 7.26.